The third kappa shape index (κ3) is 1.50. The average molecular weight is 233 g/mol. The largest absolute Gasteiger partial charge is 0.366 e. The lowest BCUT2D eigenvalue weighted by Gasteiger charge is -2.24. The maximum Gasteiger partial charge on any atom is 0.0664 e. The Morgan fingerprint density at radius 3 is 3.00 bits per heavy atom. The normalized spacial score (nSPS) is 15.9. The van der Waals surface area contributed by atoms with Crippen LogP contribution in [0.1, 0.15) is 6.42 Å². The summed E-state index contributed by atoms with van der Waals surface area (Å²) in [4.78, 5) is 5.63. The molecule has 1 aromatic carbocycles. The average Bonchev–Trinajstić information content (AvgIpc) is 2.75. The number of H-pyrrole nitrogens is 1. The van der Waals surface area contributed by atoms with E-state index in [0.717, 1.165) is 30.0 Å². The van der Waals surface area contributed by atoms with Crippen molar-refractivity contribution in [1.29, 1.82) is 0 Å². The van der Waals surface area contributed by atoms with Crippen molar-refractivity contribution in [3.63, 3.8) is 0 Å². The van der Waals surface area contributed by atoms with Crippen molar-refractivity contribution in [2.24, 2.45) is 0 Å². The Kier molecular flexibility index (Phi) is 2.37. The first kappa shape index (κ1) is 9.79. The van der Waals surface area contributed by atoms with Gasteiger partial charge in [-0.1, -0.05) is 35.9 Å². The van der Waals surface area contributed by atoms with Crippen molar-refractivity contribution in [2.75, 3.05) is 18.0 Å². The van der Waals surface area contributed by atoms with Crippen LogP contribution in [-0.2, 0) is 0 Å². The number of aromatic nitrogens is 1. The van der Waals surface area contributed by atoms with E-state index in [0.29, 0.717) is 0 Å². The number of fused-ring (bicyclic) bond motifs is 1. The number of hydrogen-bond donors (Lipinski definition) is 1. The summed E-state index contributed by atoms with van der Waals surface area (Å²) in [7, 11) is 0. The molecule has 1 N–H and O–H groups in total. The number of nitrogens with zero attached hydrogens (tertiary/aromatic N) is 1. The van der Waals surface area contributed by atoms with Gasteiger partial charge in [-0.15, -0.1) is 0 Å². The van der Waals surface area contributed by atoms with Gasteiger partial charge in [-0.05, 0) is 12.5 Å². The van der Waals surface area contributed by atoms with Crippen molar-refractivity contribution < 1.29 is 0 Å². The van der Waals surface area contributed by atoms with E-state index in [2.05, 4.69) is 34.3 Å². The monoisotopic (exact) mass is 232 g/mol. The molecular formula is C13H13ClN2. The zero-order valence-corrected chi connectivity index (χ0v) is 9.67. The molecule has 1 aromatic heterocycles. The molecule has 1 aliphatic heterocycles. The summed E-state index contributed by atoms with van der Waals surface area (Å²) in [5.74, 6) is 0. The topological polar surface area (TPSA) is 19.0 Å². The van der Waals surface area contributed by atoms with E-state index in [1.54, 1.807) is 0 Å². The lowest BCUT2D eigenvalue weighted by atomic mass is 10.2. The molecule has 82 valence electrons. The molecule has 2 heterocycles. The van der Waals surface area contributed by atoms with Gasteiger partial charge >= 0.3 is 0 Å². The number of para-hydroxylation sites is 1. The van der Waals surface area contributed by atoms with E-state index < -0.39 is 0 Å². The molecule has 0 spiro atoms. The van der Waals surface area contributed by atoms with Crippen LogP contribution in [0.15, 0.2) is 36.5 Å². The van der Waals surface area contributed by atoms with E-state index in [4.69, 9.17) is 11.6 Å². The van der Waals surface area contributed by atoms with Gasteiger partial charge in [0.1, 0.15) is 0 Å². The van der Waals surface area contributed by atoms with Crippen molar-refractivity contribution in [3.05, 3.63) is 41.6 Å². The van der Waals surface area contributed by atoms with Crippen LogP contribution in [0.3, 0.4) is 0 Å². The fourth-order valence-corrected chi connectivity index (χ4v) is 2.45. The standard InChI is InChI=1S/C13H13ClN2/c14-11-6-4-5-10-12(9-15-13(10)11)16-7-2-1-3-8-16/h1-2,4-6,9,15H,3,7-8H2. The van der Waals surface area contributed by atoms with Gasteiger partial charge in [-0.25, -0.2) is 0 Å². The molecule has 1 aliphatic rings. The predicted molar refractivity (Wildman–Crippen MR) is 69.3 cm³/mol. The third-order valence-corrected chi connectivity index (χ3v) is 3.36. The molecule has 0 bridgehead atoms. The van der Waals surface area contributed by atoms with Gasteiger partial charge in [-0.3, -0.25) is 0 Å². The first-order chi connectivity index (χ1) is 7.86. The number of nitrogens with one attached hydrogen (secondary N) is 1. The van der Waals surface area contributed by atoms with Crippen LogP contribution < -0.4 is 4.90 Å². The lowest BCUT2D eigenvalue weighted by Crippen LogP contribution is -2.26. The SMILES string of the molecule is Clc1cccc2c(N3CC=CCC3)c[nH]c12. The van der Waals surface area contributed by atoms with Gasteiger partial charge in [-0.2, -0.15) is 0 Å². The summed E-state index contributed by atoms with van der Waals surface area (Å²) in [6.07, 6.45) is 7.62. The van der Waals surface area contributed by atoms with Crippen molar-refractivity contribution in [1.82, 2.24) is 4.98 Å². The van der Waals surface area contributed by atoms with Crippen molar-refractivity contribution in [2.45, 2.75) is 6.42 Å². The van der Waals surface area contributed by atoms with Gasteiger partial charge in [0, 0.05) is 24.7 Å². The molecule has 3 rings (SSSR count). The number of aromatic amines is 1. The molecule has 0 radical (unpaired) electrons. The van der Waals surface area contributed by atoms with Crippen LogP contribution >= 0.6 is 11.6 Å². The minimum absolute atomic E-state index is 0.788. The van der Waals surface area contributed by atoms with Crippen molar-refractivity contribution >= 4 is 28.2 Å². The van der Waals surface area contributed by atoms with E-state index in [-0.39, 0.29) is 0 Å². The molecule has 0 saturated heterocycles. The summed E-state index contributed by atoms with van der Waals surface area (Å²) in [5.41, 5.74) is 2.29. The molecular weight excluding hydrogens is 220 g/mol. The fourth-order valence-electron chi connectivity index (χ4n) is 2.22. The van der Waals surface area contributed by atoms with Crippen LogP contribution in [0.25, 0.3) is 10.9 Å². The predicted octanol–water partition coefficient (Wildman–Crippen LogP) is 3.59. The summed E-state index contributed by atoms with van der Waals surface area (Å²) >= 11 is 6.15. The van der Waals surface area contributed by atoms with E-state index in [1.165, 1.54) is 11.1 Å². The number of rotatable bonds is 1. The van der Waals surface area contributed by atoms with Crippen LogP contribution in [0, 0.1) is 0 Å². The Balaban J connectivity index is 2.10. The Morgan fingerprint density at radius 1 is 1.25 bits per heavy atom. The third-order valence-electron chi connectivity index (χ3n) is 3.04. The lowest BCUT2D eigenvalue weighted by molar-refractivity contribution is 0.824. The highest BCUT2D eigenvalue weighted by atomic mass is 35.5. The summed E-state index contributed by atoms with van der Waals surface area (Å²) in [6.45, 7) is 2.06. The van der Waals surface area contributed by atoms with Gasteiger partial charge in [0.05, 0.1) is 16.2 Å². The highest BCUT2D eigenvalue weighted by molar-refractivity contribution is 6.35. The first-order valence-corrected chi connectivity index (χ1v) is 5.89. The van der Waals surface area contributed by atoms with Gasteiger partial charge in [0.15, 0.2) is 0 Å². The molecule has 0 saturated carbocycles. The second-order valence-electron chi connectivity index (χ2n) is 4.04. The molecule has 0 aliphatic carbocycles. The summed E-state index contributed by atoms with van der Waals surface area (Å²) in [5, 5.41) is 2.00. The highest BCUT2D eigenvalue weighted by Gasteiger charge is 2.13. The van der Waals surface area contributed by atoms with Crippen LogP contribution in [-0.4, -0.2) is 18.1 Å². The zero-order valence-electron chi connectivity index (χ0n) is 8.91. The molecule has 2 nitrogen and oxygen atoms in total. The minimum atomic E-state index is 0.788. The summed E-state index contributed by atoms with van der Waals surface area (Å²) < 4.78 is 0. The Bertz CT molecular complexity index is 542. The number of benzene rings is 1. The maximum absolute atomic E-state index is 6.15. The molecule has 3 heteroatoms. The van der Waals surface area contributed by atoms with Crippen molar-refractivity contribution in [3.8, 4) is 0 Å². The Hall–Kier alpha value is -1.41. The quantitative estimate of drug-likeness (QED) is 0.745. The molecule has 0 amide bonds. The fraction of sp³-hybridized carbons (Fsp3) is 0.231. The minimum Gasteiger partial charge on any atom is -0.366 e. The Morgan fingerprint density at radius 2 is 2.19 bits per heavy atom. The number of anilines is 1. The van der Waals surface area contributed by atoms with E-state index in [1.807, 2.05) is 12.1 Å². The molecule has 0 atom stereocenters. The van der Waals surface area contributed by atoms with Crippen LogP contribution in [0.5, 0.6) is 0 Å². The molecule has 0 fully saturated rings. The number of hydrogen-bond acceptors (Lipinski definition) is 1. The molecule has 0 unspecified atom stereocenters. The first-order valence-electron chi connectivity index (χ1n) is 5.52. The second-order valence-corrected chi connectivity index (χ2v) is 4.45. The Labute approximate surface area is 99.5 Å². The molecule has 2 aromatic rings. The van der Waals surface area contributed by atoms with Gasteiger partial charge in [0.2, 0.25) is 0 Å². The van der Waals surface area contributed by atoms with Gasteiger partial charge < -0.3 is 9.88 Å². The zero-order chi connectivity index (χ0) is 11.0. The second kappa shape index (κ2) is 3.87. The van der Waals surface area contributed by atoms with Gasteiger partial charge in [0.25, 0.3) is 0 Å². The maximum atomic E-state index is 6.15. The van der Waals surface area contributed by atoms with Crippen LogP contribution in [0.4, 0.5) is 5.69 Å². The summed E-state index contributed by atoms with van der Waals surface area (Å²) in [6, 6.07) is 6.04. The smallest absolute Gasteiger partial charge is 0.0664 e. The number of halogens is 1. The molecule has 16 heavy (non-hydrogen) atoms. The van der Waals surface area contributed by atoms with E-state index in [9.17, 15) is 0 Å². The van der Waals surface area contributed by atoms with E-state index >= 15 is 0 Å². The highest BCUT2D eigenvalue weighted by Crippen LogP contribution is 2.31. The van der Waals surface area contributed by atoms with Crippen LogP contribution in [0.2, 0.25) is 5.02 Å².